The van der Waals surface area contributed by atoms with Crippen LogP contribution in [0.4, 0.5) is 4.79 Å². The molecule has 0 radical (unpaired) electrons. The molecule has 2 heterocycles. The molecule has 0 bridgehead atoms. The van der Waals surface area contributed by atoms with Crippen LogP contribution in [0, 0.1) is 0 Å². The van der Waals surface area contributed by atoms with E-state index < -0.39 is 0 Å². The van der Waals surface area contributed by atoms with Gasteiger partial charge >= 0.3 is 6.03 Å². The number of hydrogen-bond donors (Lipinski definition) is 1. The number of rotatable bonds is 1. The van der Waals surface area contributed by atoms with Crippen molar-refractivity contribution in [2.75, 3.05) is 26.2 Å². The molecule has 2 aliphatic rings. The molecule has 2 aliphatic heterocycles. The number of carbonyl (C=O) groups excluding carboxylic acids is 1. The Morgan fingerprint density at radius 1 is 1.46 bits per heavy atom. The fraction of sp³-hybridized carbons (Fsp3) is 0.889. The average Bonchev–Trinajstić information content (AvgIpc) is 2.47. The van der Waals surface area contributed by atoms with Crippen LogP contribution in [0.25, 0.3) is 0 Å². The minimum absolute atomic E-state index is 0.119. The Balaban J connectivity index is 1.99. The summed E-state index contributed by atoms with van der Waals surface area (Å²) >= 11 is 0. The predicted octanol–water partition coefficient (Wildman–Crippen LogP) is 0.104. The Labute approximate surface area is 78.9 Å². The van der Waals surface area contributed by atoms with Gasteiger partial charge in [-0.05, 0) is 13.8 Å². The van der Waals surface area contributed by atoms with Crippen LogP contribution >= 0.6 is 0 Å². The highest BCUT2D eigenvalue weighted by Gasteiger charge is 2.35. The highest BCUT2D eigenvalue weighted by Crippen LogP contribution is 2.15. The van der Waals surface area contributed by atoms with Gasteiger partial charge in [0, 0.05) is 32.2 Å². The van der Waals surface area contributed by atoms with Crippen LogP contribution in [-0.4, -0.2) is 54.1 Å². The van der Waals surface area contributed by atoms with Crippen molar-refractivity contribution in [3.8, 4) is 0 Å². The van der Waals surface area contributed by atoms with Crippen molar-refractivity contribution in [1.82, 2.24) is 15.1 Å². The molecule has 2 rings (SSSR count). The smallest absolute Gasteiger partial charge is 0.317 e. The molecule has 0 aromatic carbocycles. The summed E-state index contributed by atoms with van der Waals surface area (Å²) in [4.78, 5) is 15.7. The van der Waals surface area contributed by atoms with E-state index in [0.717, 1.165) is 26.2 Å². The van der Waals surface area contributed by atoms with Crippen LogP contribution in [0.2, 0.25) is 0 Å². The largest absolute Gasteiger partial charge is 0.336 e. The van der Waals surface area contributed by atoms with Crippen molar-refractivity contribution in [2.45, 2.75) is 25.9 Å². The topological polar surface area (TPSA) is 35.6 Å². The molecule has 2 saturated heterocycles. The zero-order valence-electron chi connectivity index (χ0n) is 8.29. The summed E-state index contributed by atoms with van der Waals surface area (Å²) in [7, 11) is 0. The lowest BCUT2D eigenvalue weighted by molar-refractivity contribution is 0.0996. The number of nitrogens with zero attached hydrogens (tertiary/aromatic N) is 2. The third-order valence-electron chi connectivity index (χ3n) is 2.99. The Bertz CT molecular complexity index is 217. The molecule has 0 aromatic heterocycles. The van der Waals surface area contributed by atoms with Gasteiger partial charge in [0.1, 0.15) is 0 Å². The molecule has 0 aromatic rings. The van der Waals surface area contributed by atoms with Gasteiger partial charge in [0.05, 0.1) is 6.04 Å². The SMILES string of the molecule is CC(C)N1CCN2C(=O)NC[C@H]2C1. The van der Waals surface area contributed by atoms with Gasteiger partial charge in [0.2, 0.25) is 0 Å². The average molecular weight is 183 g/mol. The first-order valence-corrected chi connectivity index (χ1v) is 4.97. The molecule has 0 saturated carbocycles. The standard InChI is InChI=1S/C9H17N3O/c1-7(2)11-3-4-12-8(6-11)5-10-9(12)13/h7-8H,3-6H2,1-2H3,(H,10,13)/t8-/m0/s1. The number of nitrogens with one attached hydrogen (secondary N) is 1. The van der Waals surface area contributed by atoms with E-state index in [0.29, 0.717) is 12.1 Å². The molecule has 4 nitrogen and oxygen atoms in total. The van der Waals surface area contributed by atoms with Gasteiger partial charge < -0.3 is 10.2 Å². The Morgan fingerprint density at radius 2 is 2.23 bits per heavy atom. The molecule has 0 aliphatic carbocycles. The molecule has 13 heavy (non-hydrogen) atoms. The van der Waals surface area contributed by atoms with Crippen molar-refractivity contribution in [3.05, 3.63) is 0 Å². The maximum Gasteiger partial charge on any atom is 0.317 e. The first-order valence-electron chi connectivity index (χ1n) is 4.97. The molecule has 2 amide bonds. The van der Waals surface area contributed by atoms with Gasteiger partial charge in [-0.1, -0.05) is 0 Å². The van der Waals surface area contributed by atoms with Gasteiger partial charge in [0.25, 0.3) is 0 Å². The summed E-state index contributed by atoms with van der Waals surface area (Å²) in [5.74, 6) is 0. The van der Waals surface area contributed by atoms with E-state index in [2.05, 4.69) is 24.1 Å². The molecular formula is C9H17N3O. The fourth-order valence-corrected chi connectivity index (χ4v) is 2.10. The van der Waals surface area contributed by atoms with Gasteiger partial charge in [0.15, 0.2) is 0 Å². The quantitative estimate of drug-likeness (QED) is 0.626. The lowest BCUT2D eigenvalue weighted by Crippen LogP contribution is -2.53. The second kappa shape index (κ2) is 3.18. The first-order chi connectivity index (χ1) is 6.18. The second-order valence-corrected chi connectivity index (χ2v) is 4.12. The first kappa shape index (κ1) is 8.81. The third-order valence-corrected chi connectivity index (χ3v) is 2.99. The second-order valence-electron chi connectivity index (χ2n) is 4.12. The third kappa shape index (κ3) is 1.50. The van der Waals surface area contributed by atoms with E-state index in [9.17, 15) is 4.79 Å². The van der Waals surface area contributed by atoms with Crippen LogP contribution in [0.15, 0.2) is 0 Å². The van der Waals surface area contributed by atoms with E-state index in [1.807, 2.05) is 4.90 Å². The van der Waals surface area contributed by atoms with Crippen LogP contribution in [0.1, 0.15) is 13.8 Å². The predicted molar refractivity (Wildman–Crippen MR) is 50.6 cm³/mol. The van der Waals surface area contributed by atoms with E-state index in [1.54, 1.807) is 0 Å². The summed E-state index contributed by atoms with van der Waals surface area (Å²) in [5, 5.41) is 2.88. The molecule has 2 fully saturated rings. The lowest BCUT2D eigenvalue weighted by atomic mass is 10.1. The van der Waals surface area contributed by atoms with Gasteiger partial charge in [-0.25, -0.2) is 4.79 Å². The number of hydrogen-bond acceptors (Lipinski definition) is 2. The number of piperazine rings is 1. The number of amides is 2. The summed E-state index contributed by atoms with van der Waals surface area (Å²) < 4.78 is 0. The molecule has 4 heteroatoms. The zero-order chi connectivity index (χ0) is 9.42. The number of carbonyl (C=O) groups is 1. The normalized spacial score (nSPS) is 29.3. The van der Waals surface area contributed by atoms with Crippen molar-refractivity contribution in [2.24, 2.45) is 0 Å². The molecule has 0 spiro atoms. The van der Waals surface area contributed by atoms with Crippen molar-refractivity contribution >= 4 is 6.03 Å². The molecule has 1 atom stereocenters. The highest BCUT2D eigenvalue weighted by atomic mass is 16.2. The maximum absolute atomic E-state index is 11.3. The monoisotopic (exact) mass is 183 g/mol. The van der Waals surface area contributed by atoms with E-state index >= 15 is 0 Å². The van der Waals surface area contributed by atoms with Crippen molar-refractivity contribution in [3.63, 3.8) is 0 Å². The summed E-state index contributed by atoms with van der Waals surface area (Å²) in [6.45, 7) is 8.16. The summed E-state index contributed by atoms with van der Waals surface area (Å²) in [5.41, 5.74) is 0. The minimum atomic E-state index is 0.119. The lowest BCUT2D eigenvalue weighted by Gasteiger charge is -2.38. The summed E-state index contributed by atoms with van der Waals surface area (Å²) in [6.07, 6.45) is 0. The number of urea groups is 1. The van der Waals surface area contributed by atoms with Crippen LogP contribution < -0.4 is 5.32 Å². The van der Waals surface area contributed by atoms with E-state index in [1.165, 1.54) is 0 Å². The zero-order valence-corrected chi connectivity index (χ0v) is 8.29. The van der Waals surface area contributed by atoms with Crippen LogP contribution in [-0.2, 0) is 0 Å². The summed E-state index contributed by atoms with van der Waals surface area (Å²) in [6, 6.07) is 1.12. The van der Waals surface area contributed by atoms with Crippen LogP contribution in [0.5, 0.6) is 0 Å². The molecule has 74 valence electrons. The van der Waals surface area contributed by atoms with E-state index in [4.69, 9.17) is 0 Å². The fourth-order valence-electron chi connectivity index (χ4n) is 2.10. The van der Waals surface area contributed by atoms with Gasteiger partial charge in [-0.15, -0.1) is 0 Å². The van der Waals surface area contributed by atoms with Crippen molar-refractivity contribution < 1.29 is 4.79 Å². The Kier molecular flexibility index (Phi) is 2.15. The maximum atomic E-state index is 11.3. The molecule has 0 unspecified atom stereocenters. The number of fused-ring (bicyclic) bond motifs is 1. The van der Waals surface area contributed by atoms with Gasteiger partial charge in [-0.2, -0.15) is 0 Å². The Hall–Kier alpha value is -0.770. The van der Waals surface area contributed by atoms with Crippen LogP contribution in [0.3, 0.4) is 0 Å². The Morgan fingerprint density at radius 3 is 2.92 bits per heavy atom. The molecular weight excluding hydrogens is 166 g/mol. The molecule has 1 N–H and O–H groups in total. The van der Waals surface area contributed by atoms with E-state index in [-0.39, 0.29) is 6.03 Å². The highest BCUT2D eigenvalue weighted by molar-refractivity contribution is 5.77. The minimum Gasteiger partial charge on any atom is -0.336 e. The van der Waals surface area contributed by atoms with Crippen molar-refractivity contribution in [1.29, 1.82) is 0 Å². The van der Waals surface area contributed by atoms with Gasteiger partial charge in [-0.3, -0.25) is 4.90 Å².